The fraction of sp³-hybridized carbons (Fsp3) is 0.488. The molecule has 2 aliphatic heterocycles. The number of ether oxygens (including phenoxy) is 1. The third-order valence-electron chi connectivity index (χ3n) is 11.4. The van der Waals surface area contributed by atoms with Gasteiger partial charge in [-0.05, 0) is 68.5 Å². The minimum Gasteiger partial charge on any atom is -0.373 e. The van der Waals surface area contributed by atoms with Gasteiger partial charge in [0, 0.05) is 82.6 Å². The average Bonchev–Trinajstić information content (AvgIpc) is 3.73. The molecule has 0 radical (unpaired) electrons. The fourth-order valence-corrected chi connectivity index (χ4v) is 8.39. The molecule has 3 fully saturated rings. The van der Waals surface area contributed by atoms with Crippen molar-refractivity contribution in [3.63, 3.8) is 0 Å². The number of aryl methyl sites for hydroxylation is 1. The molecule has 1 amide bonds. The number of amides is 1. The lowest BCUT2D eigenvalue weighted by molar-refractivity contribution is -0.122. The van der Waals surface area contributed by atoms with Crippen molar-refractivity contribution in [3.05, 3.63) is 75.8 Å². The van der Waals surface area contributed by atoms with Crippen molar-refractivity contribution in [2.75, 3.05) is 74.6 Å². The summed E-state index contributed by atoms with van der Waals surface area (Å²) in [5.41, 5.74) is 4.18. The number of nitrogens with zero attached hydrogens (tertiary/aromatic N) is 7. The van der Waals surface area contributed by atoms with Crippen LogP contribution in [0.25, 0.3) is 11.0 Å². The number of ketones is 1. The van der Waals surface area contributed by atoms with Gasteiger partial charge in [-0.3, -0.25) is 23.9 Å². The molecule has 55 heavy (non-hydrogen) atoms. The first-order valence-electron chi connectivity index (χ1n) is 19.5. The Hall–Kier alpha value is -5.21. The summed E-state index contributed by atoms with van der Waals surface area (Å²) in [5, 5.41) is 6.65. The van der Waals surface area contributed by atoms with E-state index in [1.54, 1.807) is 24.7 Å². The Morgan fingerprint density at radius 3 is 2.38 bits per heavy atom. The molecule has 0 spiro atoms. The maximum Gasteiger partial charge on any atom is 0.263 e. The number of nitrogens with one attached hydrogen (secondary N) is 2. The normalized spacial score (nSPS) is 18.7. The van der Waals surface area contributed by atoms with Gasteiger partial charge in [0.25, 0.3) is 5.56 Å². The van der Waals surface area contributed by atoms with Gasteiger partial charge in [-0.1, -0.05) is 25.0 Å². The number of carbonyl (C=O) groups is 3. The van der Waals surface area contributed by atoms with Gasteiger partial charge in [-0.25, -0.2) is 9.97 Å². The minimum absolute atomic E-state index is 0.0114. The molecule has 1 saturated carbocycles. The first-order chi connectivity index (χ1) is 26.7. The number of hydrogen-bond donors (Lipinski definition) is 2. The van der Waals surface area contributed by atoms with Gasteiger partial charge in [-0.15, -0.1) is 0 Å². The number of piperazine rings is 1. The number of hydrogen-bond acceptors (Lipinski definition) is 12. The Morgan fingerprint density at radius 1 is 0.964 bits per heavy atom. The molecule has 7 rings (SSSR count). The second-order valence-corrected chi connectivity index (χ2v) is 14.9. The number of rotatable bonds is 13. The van der Waals surface area contributed by atoms with Crippen LogP contribution in [0.15, 0.2) is 53.6 Å². The number of fused-ring (bicyclic) bond motifs is 1. The molecular weight excluding hydrogens is 699 g/mol. The van der Waals surface area contributed by atoms with Gasteiger partial charge in [0.2, 0.25) is 11.9 Å². The number of pyridine rings is 2. The van der Waals surface area contributed by atoms with Gasteiger partial charge in [-0.2, -0.15) is 4.98 Å². The Bertz CT molecular complexity index is 2060. The maximum absolute atomic E-state index is 13.6. The van der Waals surface area contributed by atoms with E-state index in [4.69, 9.17) is 9.72 Å². The van der Waals surface area contributed by atoms with Crippen LogP contribution in [-0.2, 0) is 14.3 Å². The molecule has 2 saturated heterocycles. The van der Waals surface area contributed by atoms with E-state index >= 15 is 0 Å². The summed E-state index contributed by atoms with van der Waals surface area (Å²) in [7, 11) is 1.63. The molecule has 1 aromatic carbocycles. The Kier molecular flexibility index (Phi) is 11.8. The number of likely N-dealkylation sites (N-methyl/N-ethyl adjacent to an activating group) is 1. The van der Waals surface area contributed by atoms with Crippen LogP contribution >= 0.6 is 0 Å². The molecule has 5 heterocycles. The van der Waals surface area contributed by atoms with Gasteiger partial charge >= 0.3 is 0 Å². The molecule has 0 bridgehead atoms. The van der Waals surface area contributed by atoms with Crippen molar-refractivity contribution in [3.8, 4) is 0 Å². The number of aromatic nitrogens is 4. The predicted molar refractivity (Wildman–Crippen MR) is 213 cm³/mol. The zero-order valence-corrected chi connectivity index (χ0v) is 32.0. The molecule has 14 heteroatoms. The second kappa shape index (κ2) is 17.1. The number of anilines is 4. The summed E-state index contributed by atoms with van der Waals surface area (Å²) >= 11 is 0. The van der Waals surface area contributed by atoms with E-state index in [-0.39, 0.29) is 40.9 Å². The lowest BCUT2D eigenvalue weighted by atomic mass is 9.93. The third-order valence-corrected chi connectivity index (χ3v) is 11.4. The summed E-state index contributed by atoms with van der Waals surface area (Å²) in [4.78, 5) is 70.6. The quantitative estimate of drug-likeness (QED) is 0.147. The fourth-order valence-electron chi connectivity index (χ4n) is 8.39. The van der Waals surface area contributed by atoms with E-state index in [1.165, 1.54) is 6.92 Å². The summed E-state index contributed by atoms with van der Waals surface area (Å²) in [6, 6.07) is 12.1. The molecule has 3 aromatic heterocycles. The van der Waals surface area contributed by atoms with Crippen molar-refractivity contribution in [1.29, 1.82) is 0 Å². The van der Waals surface area contributed by atoms with Crippen LogP contribution in [0, 0.1) is 6.92 Å². The van der Waals surface area contributed by atoms with Crippen molar-refractivity contribution in [1.82, 2.24) is 29.7 Å². The minimum atomic E-state index is -0.329. The Morgan fingerprint density at radius 2 is 1.71 bits per heavy atom. The van der Waals surface area contributed by atoms with E-state index in [2.05, 4.69) is 47.4 Å². The lowest BCUT2D eigenvalue weighted by Crippen LogP contribution is -2.52. The van der Waals surface area contributed by atoms with E-state index in [0.717, 1.165) is 94.7 Å². The SMILES string of the molecule is CNC(=O)C(CCC=O)c1ccc(N2CCN(CC3CN(c4ccc(Nc5ncc6c(C)c(C(C)=O)c(=O)n(C7CCCC7)c6n5)nc4)CCO3)CC2)cc1. The Labute approximate surface area is 321 Å². The highest BCUT2D eigenvalue weighted by molar-refractivity contribution is 5.99. The number of morpholine rings is 1. The topological polar surface area (TPSA) is 155 Å². The molecule has 4 aromatic rings. The number of Topliss-reactive ketones (excluding diaryl/α,β-unsaturated/α-hetero) is 1. The summed E-state index contributed by atoms with van der Waals surface area (Å²) in [6.07, 6.45) is 9.19. The van der Waals surface area contributed by atoms with Crippen LogP contribution in [0.3, 0.4) is 0 Å². The van der Waals surface area contributed by atoms with Gasteiger partial charge < -0.3 is 30.0 Å². The van der Waals surface area contributed by atoms with Crippen LogP contribution in [0.4, 0.5) is 23.1 Å². The van der Waals surface area contributed by atoms with Crippen LogP contribution < -0.4 is 26.0 Å². The monoisotopic (exact) mass is 749 g/mol. The number of aldehydes is 1. The van der Waals surface area contributed by atoms with Crippen LogP contribution in [0.5, 0.6) is 0 Å². The highest BCUT2D eigenvalue weighted by Crippen LogP contribution is 2.32. The maximum atomic E-state index is 13.6. The lowest BCUT2D eigenvalue weighted by Gasteiger charge is -2.40. The third kappa shape index (κ3) is 8.40. The zero-order valence-electron chi connectivity index (χ0n) is 32.0. The highest BCUT2D eigenvalue weighted by Gasteiger charge is 2.28. The summed E-state index contributed by atoms with van der Waals surface area (Å²) < 4.78 is 7.93. The smallest absolute Gasteiger partial charge is 0.263 e. The average molecular weight is 750 g/mol. The predicted octanol–water partition coefficient (Wildman–Crippen LogP) is 4.39. The summed E-state index contributed by atoms with van der Waals surface area (Å²) in [6.45, 7) is 9.91. The van der Waals surface area contributed by atoms with Gasteiger partial charge in [0.15, 0.2) is 5.78 Å². The van der Waals surface area contributed by atoms with Crippen LogP contribution in [0.2, 0.25) is 0 Å². The van der Waals surface area contributed by atoms with E-state index in [9.17, 15) is 19.2 Å². The molecular formula is C41H51N9O5. The van der Waals surface area contributed by atoms with Crippen LogP contribution in [-0.4, -0.2) is 108 Å². The van der Waals surface area contributed by atoms with E-state index in [0.29, 0.717) is 47.8 Å². The molecule has 14 nitrogen and oxygen atoms in total. The van der Waals surface area contributed by atoms with E-state index < -0.39 is 0 Å². The number of benzene rings is 1. The summed E-state index contributed by atoms with van der Waals surface area (Å²) in [5.74, 6) is 0.300. The van der Waals surface area contributed by atoms with Crippen LogP contribution in [0.1, 0.15) is 78.9 Å². The number of carbonyl (C=O) groups excluding carboxylic acids is 3. The molecule has 290 valence electrons. The standard InChI is InChI=1S/C41H51N9O5/c1-27-35-24-44-41(46-38(35)50(31-7-4-5-8-31)40(54)37(27)28(2)52)45-36-15-14-32(23-43-36)49-20-22-55-33(26-49)25-47-16-18-48(19-17-47)30-12-10-29(11-13-30)34(9-6-21-51)39(53)42-3/h10-15,21,23-24,31,33-34H,4-9,16-20,22,25-26H2,1-3H3,(H,42,53)(H,43,44,45,46). The molecule has 2 N–H and O–H groups in total. The molecule has 2 unspecified atom stereocenters. The molecule has 2 atom stereocenters. The Balaban J connectivity index is 0.946. The van der Waals surface area contributed by atoms with Crippen molar-refractivity contribution in [2.45, 2.75) is 70.4 Å². The van der Waals surface area contributed by atoms with Gasteiger partial charge in [0.1, 0.15) is 17.8 Å². The largest absolute Gasteiger partial charge is 0.373 e. The van der Waals surface area contributed by atoms with E-state index in [1.807, 2.05) is 30.5 Å². The van der Waals surface area contributed by atoms with Gasteiger partial charge in [0.05, 0.1) is 36.1 Å². The van der Waals surface area contributed by atoms with Crippen molar-refractivity contribution < 1.29 is 19.1 Å². The molecule has 3 aliphatic rings. The first kappa shape index (κ1) is 38.1. The molecule has 1 aliphatic carbocycles. The highest BCUT2D eigenvalue weighted by atomic mass is 16.5. The van der Waals surface area contributed by atoms with Crippen molar-refractivity contribution in [2.24, 2.45) is 0 Å². The second-order valence-electron chi connectivity index (χ2n) is 14.9. The zero-order chi connectivity index (χ0) is 38.5. The first-order valence-corrected chi connectivity index (χ1v) is 19.5. The van der Waals surface area contributed by atoms with Crippen molar-refractivity contribution >= 4 is 52.2 Å².